The average Bonchev–Trinajstić information content (AvgIpc) is 2.47. The van der Waals surface area contributed by atoms with Crippen molar-refractivity contribution in [1.29, 1.82) is 0 Å². The summed E-state index contributed by atoms with van der Waals surface area (Å²) in [6.45, 7) is 0. The van der Waals surface area contributed by atoms with E-state index in [4.69, 9.17) is 17.3 Å². The molecule has 0 aliphatic rings. The Balaban J connectivity index is 1.89. The second-order valence-electron chi connectivity index (χ2n) is 4.75. The van der Waals surface area contributed by atoms with Crippen LogP contribution >= 0.6 is 11.6 Å². The van der Waals surface area contributed by atoms with Gasteiger partial charge in [0.25, 0.3) is 5.91 Å². The first-order valence-electron chi connectivity index (χ1n) is 6.49. The van der Waals surface area contributed by atoms with Gasteiger partial charge in [-0.3, -0.25) is 4.79 Å². The van der Waals surface area contributed by atoms with E-state index in [0.717, 1.165) is 16.5 Å². The molecule has 3 aromatic rings. The molecule has 1 amide bonds. The highest BCUT2D eigenvalue weighted by molar-refractivity contribution is 6.31. The number of fused-ring (bicyclic) bond motifs is 1. The third-order valence-electron chi connectivity index (χ3n) is 3.27. The van der Waals surface area contributed by atoms with Gasteiger partial charge < -0.3 is 11.1 Å². The number of hydrogen-bond acceptors (Lipinski definition) is 2. The molecule has 0 atom stereocenters. The highest BCUT2D eigenvalue weighted by Gasteiger charge is 2.10. The van der Waals surface area contributed by atoms with Crippen LogP contribution < -0.4 is 11.1 Å². The lowest BCUT2D eigenvalue weighted by Gasteiger charge is -2.09. The van der Waals surface area contributed by atoms with E-state index in [-0.39, 0.29) is 5.91 Å². The number of nitrogen functional groups attached to an aromatic ring is 1. The van der Waals surface area contributed by atoms with E-state index in [1.165, 1.54) is 0 Å². The molecule has 3 N–H and O–H groups in total. The summed E-state index contributed by atoms with van der Waals surface area (Å²) < 4.78 is 0. The van der Waals surface area contributed by atoms with Crippen molar-refractivity contribution >= 4 is 39.7 Å². The molecule has 0 fully saturated rings. The number of anilines is 2. The zero-order valence-electron chi connectivity index (χ0n) is 11.1. The molecular weight excluding hydrogens is 284 g/mol. The molecule has 0 heterocycles. The van der Waals surface area contributed by atoms with E-state index < -0.39 is 0 Å². The van der Waals surface area contributed by atoms with Gasteiger partial charge in [-0.05, 0) is 41.1 Å². The van der Waals surface area contributed by atoms with Gasteiger partial charge in [-0.2, -0.15) is 0 Å². The van der Waals surface area contributed by atoms with Crippen LogP contribution in [-0.2, 0) is 0 Å². The fraction of sp³-hybridized carbons (Fsp3) is 0. The van der Waals surface area contributed by atoms with Gasteiger partial charge in [-0.15, -0.1) is 0 Å². The maximum Gasteiger partial charge on any atom is 0.257 e. The third kappa shape index (κ3) is 2.83. The predicted molar refractivity (Wildman–Crippen MR) is 87.8 cm³/mol. The van der Waals surface area contributed by atoms with Gasteiger partial charge in [-0.1, -0.05) is 41.9 Å². The number of hydrogen-bond donors (Lipinski definition) is 2. The first-order chi connectivity index (χ1) is 10.1. The van der Waals surface area contributed by atoms with Crippen molar-refractivity contribution in [2.75, 3.05) is 11.1 Å². The number of nitrogens with one attached hydrogen (secondary N) is 1. The Kier molecular flexibility index (Phi) is 3.50. The second-order valence-corrected chi connectivity index (χ2v) is 5.18. The van der Waals surface area contributed by atoms with Gasteiger partial charge in [0.15, 0.2) is 0 Å². The Bertz CT molecular complexity index is 830. The molecular formula is C17H13ClN2O. The summed E-state index contributed by atoms with van der Waals surface area (Å²) in [4.78, 5) is 12.2. The van der Waals surface area contributed by atoms with Crippen LogP contribution in [0.1, 0.15) is 10.4 Å². The predicted octanol–water partition coefficient (Wildman–Crippen LogP) is 4.33. The fourth-order valence-corrected chi connectivity index (χ4v) is 2.39. The summed E-state index contributed by atoms with van der Waals surface area (Å²) in [6.07, 6.45) is 0. The molecule has 3 aromatic carbocycles. The molecule has 3 rings (SSSR count). The minimum absolute atomic E-state index is 0.251. The van der Waals surface area contributed by atoms with Crippen molar-refractivity contribution in [2.45, 2.75) is 0 Å². The van der Waals surface area contributed by atoms with Gasteiger partial charge in [0, 0.05) is 16.4 Å². The molecule has 0 saturated heterocycles. The van der Waals surface area contributed by atoms with Crippen LogP contribution in [0, 0.1) is 0 Å². The number of benzene rings is 3. The van der Waals surface area contributed by atoms with Crippen molar-refractivity contribution in [3.8, 4) is 0 Å². The smallest absolute Gasteiger partial charge is 0.257 e. The largest absolute Gasteiger partial charge is 0.398 e. The Hall–Kier alpha value is -2.52. The first-order valence-corrected chi connectivity index (χ1v) is 6.86. The number of nitrogens with two attached hydrogens (primary N) is 1. The van der Waals surface area contributed by atoms with Crippen molar-refractivity contribution in [3.05, 3.63) is 71.2 Å². The lowest BCUT2D eigenvalue weighted by Crippen LogP contribution is -2.13. The molecule has 0 radical (unpaired) electrons. The van der Waals surface area contributed by atoms with Crippen LogP contribution in [-0.4, -0.2) is 5.91 Å². The average molecular weight is 297 g/mol. The van der Waals surface area contributed by atoms with Crippen molar-refractivity contribution < 1.29 is 4.79 Å². The number of amides is 1. The van der Waals surface area contributed by atoms with E-state index in [1.54, 1.807) is 18.2 Å². The quantitative estimate of drug-likeness (QED) is 0.692. The summed E-state index contributed by atoms with van der Waals surface area (Å²) >= 11 is 5.84. The number of carbonyl (C=O) groups is 1. The zero-order chi connectivity index (χ0) is 14.8. The lowest BCUT2D eigenvalue weighted by atomic mass is 10.1. The molecule has 0 aromatic heterocycles. The summed E-state index contributed by atoms with van der Waals surface area (Å²) in [7, 11) is 0. The molecule has 0 aliphatic carbocycles. The van der Waals surface area contributed by atoms with Gasteiger partial charge in [-0.25, -0.2) is 0 Å². The SMILES string of the molecule is Nc1cc(Cl)ccc1C(=O)Nc1ccc2ccccc2c1. The lowest BCUT2D eigenvalue weighted by molar-refractivity contribution is 0.102. The Morgan fingerprint density at radius 2 is 1.71 bits per heavy atom. The van der Waals surface area contributed by atoms with Crippen molar-refractivity contribution in [3.63, 3.8) is 0 Å². The molecule has 3 nitrogen and oxygen atoms in total. The molecule has 4 heteroatoms. The standard InChI is InChI=1S/C17H13ClN2O/c18-13-6-8-15(16(19)10-13)17(21)20-14-7-5-11-3-1-2-4-12(11)9-14/h1-10H,19H2,(H,20,21). The van der Waals surface area contributed by atoms with Crippen molar-refractivity contribution in [1.82, 2.24) is 0 Å². The number of carbonyl (C=O) groups excluding carboxylic acids is 1. The second kappa shape index (κ2) is 5.46. The van der Waals surface area contributed by atoms with E-state index in [9.17, 15) is 4.79 Å². The van der Waals surface area contributed by atoms with Crippen LogP contribution in [0.25, 0.3) is 10.8 Å². The van der Waals surface area contributed by atoms with Gasteiger partial charge in [0.1, 0.15) is 0 Å². The highest BCUT2D eigenvalue weighted by Crippen LogP contribution is 2.22. The van der Waals surface area contributed by atoms with Crippen LogP contribution in [0.15, 0.2) is 60.7 Å². The van der Waals surface area contributed by atoms with Crippen molar-refractivity contribution in [2.24, 2.45) is 0 Å². The first kappa shape index (κ1) is 13.5. The summed E-state index contributed by atoms with van der Waals surface area (Å²) in [5.41, 5.74) is 7.32. The minimum atomic E-state index is -0.251. The monoisotopic (exact) mass is 296 g/mol. The molecule has 0 spiro atoms. The van der Waals surface area contributed by atoms with Gasteiger partial charge >= 0.3 is 0 Å². The van der Waals surface area contributed by atoms with E-state index in [1.807, 2.05) is 42.5 Å². The maximum atomic E-state index is 12.2. The van der Waals surface area contributed by atoms with Gasteiger partial charge in [0.05, 0.1) is 5.56 Å². The van der Waals surface area contributed by atoms with E-state index in [2.05, 4.69) is 5.32 Å². The Morgan fingerprint density at radius 3 is 2.48 bits per heavy atom. The summed E-state index contributed by atoms with van der Waals surface area (Å²) in [5.74, 6) is -0.251. The Labute approximate surface area is 127 Å². The molecule has 104 valence electrons. The number of halogens is 1. The highest BCUT2D eigenvalue weighted by atomic mass is 35.5. The number of rotatable bonds is 2. The van der Waals surface area contributed by atoms with E-state index >= 15 is 0 Å². The minimum Gasteiger partial charge on any atom is -0.398 e. The van der Waals surface area contributed by atoms with Crippen LogP contribution in [0.5, 0.6) is 0 Å². The fourth-order valence-electron chi connectivity index (χ4n) is 2.21. The molecule has 0 unspecified atom stereocenters. The summed E-state index contributed by atoms with van der Waals surface area (Å²) in [5, 5.41) is 5.55. The molecule has 0 bridgehead atoms. The Morgan fingerprint density at radius 1 is 0.952 bits per heavy atom. The third-order valence-corrected chi connectivity index (χ3v) is 3.50. The van der Waals surface area contributed by atoms with Crippen LogP contribution in [0.2, 0.25) is 5.02 Å². The van der Waals surface area contributed by atoms with Gasteiger partial charge in [0.2, 0.25) is 0 Å². The normalized spacial score (nSPS) is 10.5. The molecule has 21 heavy (non-hydrogen) atoms. The molecule has 0 saturated carbocycles. The van der Waals surface area contributed by atoms with Crippen LogP contribution in [0.4, 0.5) is 11.4 Å². The van der Waals surface area contributed by atoms with E-state index in [0.29, 0.717) is 16.3 Å². The molecule has 0 aliphatic heterocycles. The van der Waals surface area contributed by atoms with Crippen LogP contribution in [0.3, 0.4) is 0 Å². The maximum absolute atomic E-state index is 12.2. The topological polar surface area (TPSA) is 55.1 Å². The summed E-state index contributed by atoms with van der Waals surface area (Å²) in [6, 6.07) is 18.6. The zero-order valence-corrected chi connectivity index (χ0v) is 11.9.